The van der Waals surface area contributed by atoms with Gasteiger partial charge in [0, 0.05) is 6.42 Å². The smallest absolute Gasteiger partial charge is 0.165 e. The summed E-state index contributed by atoms with van der Waals surface area (Å²) in [7, 11) is 1.63. The molecule has 1 aromatic rings. The third-order valence-corrected chi connectivity index (χ3v) is 3.13. The Morgan fingerprint density at radius 3 is 2.59 bits per heavy atom. The van der Waals surface area contributed by atoms with Crippen molar-refractivity contribution in [2.75, 3.05) is 7.11 Å². The molecule has 1 aliphatic heterocycles. The first-order chi connectivity index (χ1) is 8.19. The Morgan fingerprint density at radius 1 is 1.35 bits per heavy atom. The fourth-order valence-corrected chi connectivity index (χ4v) is 2.10. The van der Waals surface area contributed by atoms with Crippen LogP contribution < -0.4 is 4.74 Å². The van der Waals surface area contributed by atoms with Gasteiger partial charge in [-0.1, -0.05) is 12.1 Å². The molecule has 1 aliphatic rings. The van der Waals surface area contributed by atoms with Crippen molar-refractivity contribution in [1.82, 2.24) is 0 Å². The van der Waals surface area contributed by atoms with Gasteiger partial charge in [-0.2, -0.15) is 0 Å². The second kappa shape index (κ2) is 5.32. The van der Waals surface area contributed by atoms with E-state index in [4.69, 9.17) is 9.47 Å². The Kier molecular flexibility index (Phi) is 3.79. The monoisotopic (exact) mass is 234 g/mol. The highest BCUT2D eigenvalue weighted by atomic mass is 16.5. The minimum atomic E-state index is -0.202. The minimum Gasteiger partial charge on any atom is -0.497 e. The van der Waals surface area contributed by atoms with Crippen molar-refractivity contribution >= 4 is 5.78 Å². The largest absolute Gasteiger partial charge is 0.497 e. The van der Waals surface area contributed by atoms with Gasteiger partial charge in [0.05, 0.1) is 13.2 Å². The lowest BCUT2D eigenvalue weighted by atomic mass is 10.0. The van der Waals surface area contributed by atoms with Gasteiger partial charge < -0.3 is 9.47 Å². The van der Waals surface area contributed by atoms with E-state index in [1.54, 1.807) is 7.11 Å². The molecular weight excluding hydrogens is 216 g/mol. The average Bonchev–Trinajstić information content (AvgIpc) is 2.77. The van der Waals surface area contributed by atoms with Crippen LogP contribution in [0.5, 0.6) is 5.75 Å². The van der Waals surface area contributed by atoms with Crippen LogP contribution in [0.15, 0.2) is 24.3 Å². The maximum Gasteiger partial charge on any atom is 0.165 e. The third kappa shape index (κ3) is 3.07. The fraction of sp³-hybridized carbons (Fsp3) is 0.500. The SMILES string of the molecule is COc1ccc(CC(=O)C2CCC(C)O2)cc1. The average molecular weight is 234 g/mol. The summed E-state index contributed by atoms with van der Waals surface area (Å²) in [6.07, 6.45) is 2.31. The van der Waals surface area contributed by atoms with Crippen LogP contribution in [-0.2, 0) is 16.0 Å². The van der Waals surface area contributed by atoms with Gasteiger partial charge in [-0.3, -0.25) is 4.79 Å². The van der Waals surface area contributed by atoms with Crippen LogP contribution in [0.1, 0.15) is 25.3 Å². The van der Waals surface area contributed by atoms with Gasteiger partial charge in [0.15, 0.2) is 5.78 Å². The van der Waals surface area contributed by atoms with E-state index in [-0.39, 0.29) is 18.0 Å². The Hall–Kier alpha value is -1.35. The summed E-state index contributed by atoms with van der Waals surface area (Å²) in [5, 5.41) is 0. The van der Waals surface area contributed by atoms with Crippen LogP contribution in [0.4, 0.5) is 0 Å². The lowest BCUT2D eigenvalue weighted by Gasteiger charge is -2.10. The van der Waals surface area contributed by atoms with Crippen LogP contribution in [0.25, 0.3) is 0 Å². The maximum atomic E-state index is 12.0. The van der Waals surface area contributed by atoms with Gasteiger partial charge in [-0.25, -0.2) is 0 Å². The van der Waals surface area contributed by atoms with Gasteiger partial charge in [-0.15, -0.1) is 0 Å². The van der Waals surface area contributed by atoms with Crippen molar-refractivity contribution in [2.24, 2.45) is 0 Å². The van der Waals surface area contributed by atoms with Crippen LogP contribution in [-0.4, -0.2) is 25.1 Å². The second-order valence-electron chi connectivity index (χ2n) is 4.50. The summed E-state index contributed by atoms with van der Waals surface area (Å²) in [5.74, 6) is 0.992. The number of rotatable bonds is 4. The van der Waals surface area contributed by atoms with Crippen molar-refractivity contribution < 1.29 is 14.3 Å². The molecule has 3 nitrogen and oxygen atoms in total. The first-order valence-corrected chi connectivity index (χ1v) is 6.00. The molecule has 0 saturated carbocycles. The lowest BCUT2D eigenvalue weighted by Crippen LogP contribution is -2.22. The predicted molar refractivity (Wildman–Crippen MR) is 65.3 cm³/mol. The normalized spacial score (nSPS) is 23.6. The summed E-state index contributed by atoms with van der Waals surface area (Å²) in [4.78, 5) is 12.0. The number of benzene rings is 1. The highest BCUT2D eigenvalue weighted by Crippen LogP contribution is 2.21. The number of carbonyl (C=O) groups is 1. The molecule has 1 heterocycles. The molecule has 0 N–H and O–H groups in total. The summed E-state index contributed by atoms with van der Waals surface area (Å²) in [5.41, 5.74) is 1.01. The molecule has 1 aromatic carbocycles. The highest BCUT2D eigenvalue weighted by Gasteiger charge is 2.27. The third-order valence-electron chi connectivity index (χ3n) is 3.13. The van der Waals surface area contributed by atoms with Gasteiger partial charge in [0.2, 0.25) is 0 Å². The van der Waals surface area contributed by atoms with Crippen molar-refractivity contribution in [3.05, 3.63) is 29.8 Å². The van der Waals surface area contributed by atoms with E-state index in [1.807, 2.05) is 31.2 Å². The Balaban J connectivity index is 1.93. The summed E-state index contributed by atoms with van der Waals surface area (Å²) in [6.45, 7) is 2.01. The number of ketones is 1. The summed E-state index contributed by atoms with van der Waals surface area (Å²) in [6, 6.07) is 7.60. The van der Waals surface area contributed by atoms with Crippen LogP contribution in [0.2, 0.25) is 0 Å². The molecule has 3 heteroatoms. The Labute approximate surface area is 102 Å². The van der Waals surface area contributed by atoms with E-state index in [0.717, 1.165) is 24.2 Å². The molecule has 92 valence electrons. The molecule has 2 unspecified atom stereocenters. The topological polar surface area (TPSA) is 35.5 Å². The maximum absolute atomic E-state index is 12.0. The number of methoxy groups -OCH3 is 1. The van der Waals surface area contributed by atoms with E-state index >= 15 is 0 Å². The number of hydrogen-bond acceptors (Lipinski definition) is 3. The summed E-state index contributed by atoms with van der Waals surface area (Å²) >= 11 is 0. The molecule has 0 spiro atoms. The number of ether oxygens (including phenoxy) is 2. The Bertz CT molecular complexity index is 383. The minimum absolute atomic E-state index is 0.180. The van der Waals surface area contributed by atoms with Gasteiger partial charge in [-0.05, 0) is 37.5 Å². The number of Topliss-reactive ketones (excluding diaryl/α,β-unsaturated/α-hetero) is 1. The van der Waals surface area contributed by atoms with Crippen molar-refractivity contribution in [2.45, 2.75) is 38.4 Å². The number of carbonyl (C=O) groups excluding carboxylic acids is 1. The van der Waals surface area contributed by atoms with Crippen LogP contribution in [0, 0.1) is 0 Å². The highest BCUT2D eigenvalue weighted by molar-refractivity contribution is 5.85. The van der Waals surface area contributed by atoms with E-state index in [1.165, 1.54) is 0 Å². The molecule has 0 radical (unpaired) electrons. The summed E-state index contributed by atoms with van der Waals surface area (Å²) < 4.78 is 10.6. The Morgan fingerprint density at radius 2 is 2.06 bits per heavy atom. The first-order valence-electron chi connectivity index (χ1n) is 6.00. The molecule has 2 rings (SSSR count). The van der Waals surface area contributed by atoms with E-state index in [2.05, 4.69) is 0 Å². The van der Waals surface area contributed by atoms with E-state index < -0.39 is 0 Å². The second-order valence-corrected chi connectivity index (χ2v) is 4.50. The predicted octanol–water partition coefficient (Wildman–Crippen LogP) is 2.37. The first kappa shape index (κ1) is 12.1. The van der Waals surface area contributed by atoms with Crippen molar-refractivity contribution in [1.29, 1.82) is 0 Å². The molecular formula is C14H18O3. The van der Waals surface area contributed by atoms with Crippen LogP contribution >= 0.6 is 0 Å². The van der Waals surface area contributed by atoms with Crippen molar-refractivity contribution in [3.63, 3.8) is 0 Å². The zero-order valence-corrected chi connectivity index (χ0v) is 10.3. The molecule has 0 bridgehead atoms. The molecule has 0 aliphatic carbocycles. The van der Waals surface area contributed by atoms with E-state index in [0.29, 0.717) is 6.42 Å². The molecule has 0 amide bonds. The molecule has 0 aromatic heterocycles. The van der Waals surface area contributed by atoms with Gasteiger partial charge >= 0.3 is 0 Å². The zero-order chi connectivity index (χ0) is 12.3. The van der Waals surface area contributed by atoms with Gasteiger partial charge in [0.1, 0.15) is 11.9 Å². The molecule has 1 fully saturated rings. The van der Waals surface area contributed by atoms with Gasteiger partial charge in [0.25, 0.3) is 0 Å². The molecule has 17 heavy (non-hydrogen) atoms. The standard InChI is InChI=1S/C14H18O3/c1-10-3-8-14(17-10)13(15)9-11-4-6-12(16-2)7-5-11/h4-7,10,14H,3,8-9H2,1-2H3. The zero-order valence-electron chi connectivity index (χ0n) is 10.3. The van der Waals surface area contributed by atoms with Crippen molar-refractivity contribution in [3.8, 4) is 5.75 Å². The number of hydrogen-bond donors (Lipinski definition) is 0. The quantitative estimate of drug-likeness (QED) is 0.802. The van der Waals surface area contributed by atoms with Crippen LogP contribution in [0.3, 0.4) is 0 Å². The molecule has 2 atom stereocenters. The lowest BCUT2D eigenvalue weighted by molar-refractivity contribution is -0.128. The fourth-order valence-electron chi connectivity index (χ4n) is 2.10. The van der Waals surface area contributed by atoms with E-state index in [9.17, 15) is 4.79 Å². The molecule has 1 saturated heterocycles.